The maximum atomic E-state index is 12.9. The van der Waals surface area contributed by atoms with Crippen LogP contribution in [0.1, 0.15) is 44.9 Å². The van der Waals surface area contributed by atoms with E-state index in [9.17, 15) is 14.7 Å². The molecule has 1 fully saturated rings. The Morgan fingerprint density at radius 3 is 2.39 bits per heavy atom. The van der Waals surface area contributed by atoms with Crippen LogP contribution in [0.5, 0.6) is 5.75 Å². The Kier molecular flexibility index (Phi) is 7.07. The zero-order valence-corrected chi connectivity index (χ0v) is 18.2. The highest BCUT2D eigenvalue weighted by atomic mass is 16.5. The molecule has 7 heteroatoms. The number of rotatable bonds is 8. The Balaban J connectivity index is 2.01. The number of pyridine rings is 1. The lowest BCUT2D eigenvalue weighted by Crippen LogP contribution is -2.33. The van der Waals surface area contributed by atoms with Crippen LogP contribution in [0.4, 0.5) is 0 Å². The van der Waals surface area contributed by atoms with Crippen molar-refractivity contribution < 1.29 is 24.2 Å². The highest BCUT2D eigenvalue weighted by Crippen LogP contribution is 2.39. The molecule has 3 rings (SSSR count). The van der Waals surface area contributed by atoms with Crippen LogP contribution in [-0.2, 0) is 14.3 Å². The normalized spacial score (nSPS) is 18.3. The van der Waals surface area contributed by atoms with E-state index in [1.807, 2.05) is 27.7 Å². The fraction of sp³-hybridized carbons (Fsp3) is 0.375. The lowest BCUT2D eigenvalue weighted by atomic mass is 9.96. The minimum Gasteiger partial charge on any atom is -0.507 e. The fourth-order valence-electron chi connectivity index (χ4n) is 3.50. The molecule has 1 saturated heterocycles. The summed E-state index contributed by atoms with van der Waals surface area (Å²) in [4.78, 5) is 31.3. The predicted molar refractivity (Wildman–Crippen MR) is 117 cm³/mol. The first-order valence-electron chi connectivity index (χ1n) is 10.4. The van der Waals surface area contributed by atoms with Gasteiger partial charge < -0.3 is 19.5 Å². The summed E-state index contributed by atoms with van der Waals surface area (Å²) in [6.07, 6.45) is 3.23. The van der Waals surface area contributed by atoms with Crippen molar-refractivity contribution in [2.45, 2.75) is 45.9 Å². The van der Waals surface area contributed by atoms with Crippen molar-refractivity contribution in [2.24, 2.45) is 0 Å². The maximum absolute atomic E-state index is 12.9. The Bertz CT molecular complexity index is 952. The summed E-state index contributed by atoms with van der Waals surface area (Å²) < 4.78 is 11.2. The first-order valence-corrected chi connectivity index (χ1v) is 10.4. The van der Waals surface area contributed by atoms with Gasteiger partial charge in [0.2, 0.25) is 0 Å². The number of hydrogen-bond acceptors (Lipinski definition) is 6. The van der Waals surface area contributed by atoms with E-state index >= 15 is 0 Å². The van der Waals surface area contributed by atoms with E-state index in [1.165, 1.54) is 4.90 Å². The van der Waals surface area contributed by atoms with Crippen molar-refractivity contribution in [3.63, 3.8) is 0 Å². The van der Waals surface area contributed by atoms with Crippen molar-refractivity contribution >= 4 is 17.4 Å². The molecule has 0 bridgehead atoms. The molecule has 0 spiro atoms. The summed E-state index contributed by atoms with van der Waals surface area (Å²) >= 11 is 0. The number of amides is 1. The standard InChI is InChI=1S/C24H28N2O5/c1-15(2)30-13-12-26-21(18-6-5-11-25-14-18)20(23(28)24(26)29)22(27)17-7-9-19(10-8-17)31-16(3)4/h5-11,14-16,21,27H,12-13H2,1-4H3/b22-20-. The van der Waals surface area contributed by atoms with Gasteiger partial charge in [-0.15, -0.1) is 0 Å². The molecular formula is C24H28N2O5. The number of benzene rings is 1. The number of aliphatic hydroxyl groups excluding tert-OH is 1. The summed E-state index contributed by atoms with van der Waals surface area (Å²) in [6.45, 7) is 8.15. The van der Waals surface area contributed by atoms with Gasteiger partial charge in [0.25, 0.3) is 11.7 Å². The van der Waals surface area contributed by atoms with Crippen LogP contribution in [0.3, 0.4) is 0 Å². The first kappa shape index (κ1) is 22.5. The highest BCUT2D eigenvalue weighted by molar-refractivity contribution is 6.46. The number of likely N-dealkylation sites (tertiary alicyclic amines) is 1. The van der Waals surface area contributed by atoms with Gasteiger partial charge in [0.15, 0.2) is 0 Å². The summed E-state index contributed by atoms with van der Waals surface area (Å²) in [5, 5.41) is 11.0. The Labute approximate surface area is 182 Å². The number of ketones is 1. The van der Waals surface area contributed by atoms with Gasteiger partial charge in [0, 0.05) is 24.5 Å². The molecule has 1 aliphatic rings. The minimum atomic E-state index is -0.740. The molecule has 1 aromatic carbocycles. The molecule has 1 atom stereocenters. The summed E-state index contributed by atoms with van der Waals surface area (Å²) in [5.74, 6) is -0.960. The molecule has 2 heterocycles. The number of nitrogens with zero attached hydrogens (tertiary/aromatic N) is 2. The lowest BCUT2D eigenvalue weighted by Gasteiger charge is -2.25. The fourth-order valence-corrected chi connectivity index (χ4v) is 3.50. The number of aliphatic hydroxyl groups is 1. The molecule has 1 unspecified atom stereocenters. The number of hydrogen-bond donors (Lipinski definition) is 1. The third-order valence-electron chi connectivity index (χ3n) is 4.82. The number of carbonyl (C=O) groups excluding carboxylic acids is 2. The van der Waals surface area contributed by atoms with E-state index in [-0.39, 0.29) is 36.7 Å². The molecule has 1 amide bonds. The average molecular weight is 424 g/mol. The Morgan fingerprint density at radius 1 is 1.10 bits per heavy atom. The smallest absolute Gasteiger partial charge is 0.295 e. The predicted octanol–water partition coefficient (Wildman–Crippen LogP) is 3.72. The third-order valence-corrected chi connectivity index (χ3v) is 4.82. The van der Waals surface area contributed by atoms with E-state index in [2.05, 4.69) is 4.98 Å². The van der Waals surface area contributed by atoms with E-state index < -0.39 is 17.7 Å². The second-order valence-corrected chi connectivity index (χ2v) is 7.89. The van der Waals surface area contributed by atoms with Gasteiger partial charge in [-0.25, -0.2) is 0 Å². The molecule has 1 aromatic heterocycles. The summed E-state index contributed by atoms with van der Waals surface area (Å²) in [7, 11) is 0. The van der Waals surface area contributed by atoms with Crippen molar-refractivity contribution in [3.8, 4) is 5.75 Å². The van der Waals surface area contributed by atoms with E-state index in [0.29, 0.717) is 16.9 Å². The van der Waals surface area contributed by atoms with Crippen LogP contribution < -0.4 is 4.74 Å². The second-order valence-electron chi connectivity index (χ2n) is 7.89. The van der Waals surface area contributed by atoms with Crippen LogP contribution in [-0.4, -0.2) is 52.0 Å². The monoisotopic (exact) mass is 424 g/mol. The van der Waals surface area contributed by atoms with Crippen molar-refractivity contribution in [1.82, 2.24) is 9.88 Å². The minimum absolute atomic E-state index is 0.000219. The maximum Gasteiger partial charge on any atom is 0.295 e. The number of carbonyl (C=O) groups is 2. The Morgan fingerprint density at radius 2 is 1.81 bits per heavy atom. The van der Waals surface area contributed by atoms with Gasteiger partial charge in [-0.1, -0.05) is 6.07 Å². The quantitative estimate of drug-likeness (QED) is 0.395. The zero-order chi connectivity index (χ0) is 22.5. The molecule has 7 nitrogen and oxygen atoms in total. The van der Waals surface area contributed by atoms with Gasteiger partial charge in [-0.3, -0.25) is 14.6 Å². The zero-order valence-electron chi connectivity index (χ0n) is 18.2. The molecule has 2 aromatic rings. The van der Waals surface area contributed by atoms with Crippen LogP contribution in [0.15, 0.2) is 54.4 Å². The van der Waals surface area contributed by atoms with Crippen LogP contribution in [0.25, 0.3) is 5.76 Å². The SMILES string of the molecule is CC(C)OCCN1C(=O)C(=O)/C(=C(\O)c2ccc(OC(C)C)cc2)C1c1cccnc1. The topological polar surface area (TPSA) is 89.0 Å². The lowest BCUT2D eigenvalue weighted by molar-refractivity contribution is -0.140. The van der Waals surface area contributed by atoms with Crippen LogP contribution >= 0.6 is 0 Å². The van der Waals surface area contributed by atoms with E-state index in [1.54, 1.807) is 48.8 Å². The first-order chi connectivity index (χ1) is 14.8. The molecule has 0 aliphatic carbocycles. The molecule has 164 valence electrons. The average Bonchev–Trinajstić information content (AvgIpc) is 2.99. The second kappa shape index (κ2) is 9.75. The van der Waals surface area contributed by atoms with Gasteiger partial charge in [-0.05, 0) is 63.6 Å². The van der Waals surface area contributed by atoms with E-state index in [4.69, 9.17) is 9.47 Å². The van der Waals surface area contributed by atoms with Gasteiger partial charge >= 0.3 is 0 Å². The molecule has 31 heavy (non-hydrogen) atoms. The van der Waals surface area contributed by atoms with Crippen molar-refractivity contribution in [3.05, 3.63) is 65.5 Å². The molecule has 1 N–H and O–H groups in total. The summed E-state index contributed by atoms with van der Waals surface area (Å²) in [6, 6.07) is 9.56. The number of ether oxygens (including phenoxy) is 2. The number of aromatic nitrogens is 1. The highest BCUT2D eigenvalue weighted by Gasteiger charge is 2.46. The van der Waals surface area contributed by atoms with Gasteiger partial charge in [-0.2, -0.15) is 0 Å². The van der Waals surface area contributed by atoms with Crippen molar-refractivity contribution in [1.29, 1.82) is 0 Å². The molecule has 1 aliphatic heterocycles. The molecule has 0 saturated carbocycles. The van der Waals surface area contributed by atoms with Crippen LogP contribution in [0, 0.1) is 0 Å². The molecular weight excluding hydrogens is 396 g/mol. The van der Waals surface area contributed by atoms with Gasteiger partial charge in [0.1, 0.15) is 11.5 Å². The molecule has 0 radical (unpaired) electrons. The van der Waals surface area contributed by atoms with Crippen LogP contribution in [0.2, 0.25) is 0 Å². The van der Waals surface area contributed by atoms with E-state index in [0.717, 1.165) is 0 Å². The summed E-state index contributed by atoms with van der Waals surface area (Å²) in [5.41, 5.74) is 1.12. The van der Waals surface area contributed by atoms with Crippen molar-refractivity contribution in [2.75, 3.05) is 13.2 Å². The Hall–Kier alpha value is -3.19. The number of Topliss-reactive ketones (excluding diaryl/α,β-unsaturated/α-hetero) is 1. The van der Waals surface area contributed by atoms with Gasteiger partial charge in [0.05, 0.1) is 30.4 Å². The largest absolute Gasteiger partial charge is 0.507 e. The third kappa shape index (κ3) is 5.11.